The van der Waals surface area contributed by atoms with Gasteiger partial charge in [-0.3, -0.25) is 9.59 Å². The molecule has 1 aromatic heterocycles. The van der Waals surface area contributed by atoms with Gasteiger partial charge in [0.15, 0.2) is 0 Å². The van der Waals surface area contributed by atoms with E-state index in [-0.39, 0.29) is 10.9 Å². The summed E-state index contributed by atoms with van der Waals surface area (Å²) in [6.07, 6.45) is -1.93. The topological polar surface area (TPSA) is 63.5 Å². The lowest BCUT2D eigenvalue weighted by Gasteiger charge is -2.13. The zero-order valence-electron chi connectivity index (χ0n) is 15.1. The van der Waals surface area contributed by atoms with Gasteiger partial charge >= 0.3 is 6.18 Å². The largest absolute Gasteiger partial charge is 0.416 e. The third-order valence-corrected chi connectivity index (χ3v) is 4.49. The number of carbonyl (C=O) groups is 1. The van der Waals surface area contributed by atoms with Crippen LogP contribution in [0.4, 0.5) is 13.2 Å². The van der Waals surface area contributed by atoms with E-state index in [0.29, 0.717) is 22.6 Å². The molecule has 0 bridgehead atoms. The molecule has 1 heterocycles. The summed E-state index contributed by atoms with van der Waals surface area (Å²) in [5, 5.41) is 4.14. The van der Waals surface area contributed by atoms with Crippen molar-refractivity contribution in [3.05, 3.63) is 80.6 Å². The van der Waals surface area contributed by atoms with Gasteiger partial charge in [-0.05, 0) is 42.8 Å². The number of halogens is 4. The van der Waals surface area contributed by atoms with Crippen LogP contribution in [0.5, 0.6) is 0 Å². The fourth-order valence-electron chi connectivity index (χ4n) is 2.77. The summed E-state index contributed by atoms with van der Waals surface area (Å²) in [7, 11) is 0. The number of hydrogen-bond acceptors (Lipinski definition) is 3. The maximum absolute atomic E-state index is 13.0. The molecule has 0 aliphatic carbocycles. The van der Waals surface area contributed by atoms with Gasteiger partial charge in [-0.2, -0.15) is 18.3 Å². The number of aromatic nitrogens is 1. The fraction of sp³-hybridized carbons (Fsp3) is 0.150. The van der Waals surface area contributed by atoms with Gasteiger partial charge in [-0.1, -0.05) is 23.7 Å². The second-order valence-electron chi connectivity index (χ2n) is 6.14. The maximum atomic E-state index is 13.0. The smallest absolute Gasteiger partial charge is 0.347 e. The van der Waals surface area contributed by atoms with Crippen molar-refractivity contribution < 1.29 is 18.0 Å². The SMILES string of the molecule is CCn1cc(C(=O)N/N=C/c2ccc(Cl)cc2)c(=O)c2cc(C(F)(F)F)ccc21. The van der Waals surface area contributed by atoms with E-state index in [1.807, 2.05) is 0 Å². The Morgan fingerprint density at radius 1 is 1.21 bits per heavy atom. The van der Waals surface area contributed by atoms with Crippen molar-refractivity contribution in [3.63, 3.8) is 0 Å². The van der Waals surface area contributed by atoms with Crippen molar-refractivity contribution in [1.82, 2.24) is 9.99 Å². The molecule has 1 amide bonds. The van der Waals surface area contributed by atoms with E-state index in [1.54, 1.807) is 31.2 Å². The Kier molecular flexibility index (Phi) is 5.74. The van der Waals surface area contributed by atoms with Crippen molar-refractivity contribution in [3.8, 4) is 0 Å². The summed E-state index contributed by atoms with van der Waals surface area (Å²) in [6, 6.07) is 9.54. The average molecular weight is 422 g/mol. The van der Waals surface area contributed by atoms with Crippen LogP contribution in [0.2, 0.25) is 5.02 Å². The monoisotopic (exact) mass is 421 g/mol. The molecule has 0 fully saturated rings. The minimum absolute atomic E-state index is 0.184. The maximum Gasteiger partial charge on any atom is 0.416 e. The second kappa shape index (κ2) is 8.08. The number of hydrogen-bond donors (Lipinski definition) is 1. The van der Waals surface area contributed by atoms with Gasteiger partial charge in [0.2, 0.25) is 5.43 Å². The van der Waals surface area contributed by atoms with Gasteiger partial charge in [0.25, 0.3) is 5.91 Å². The van der Waals surface area contributed by atoms with Crippen LogP contribution in [-0.4, -0.2) is 16.7 Å². The van der Waals surface area contributed by atoms with Crippen molar-refractivity contribution in [2.45, 2.75) is 19.6 Å². The molecule has 3 aromatic rings. The first-order chi connectivity index (χ1) is 13.7. The molecule has 3 rings (SSSR count). The lowest BCUT2D eigenvalue weighted by Crippen LogP contribution is -2.27. The first-order valence-electron chi connectivity index (χ1n) is 8.54. The highest BCUT2D eigenvalue weighted by molar-refractivity contribution is 6.30. The highest BCUT2D eigenvalue weighted by Crippen LogP contribution is 2.30. The Hall–Kier alpha value is -3.13. The quantitative estimate of drug-likeness (QED) is 0.499. The Morgan fingerprint density at radius 2 is 1.90 bits per heavy atom. The van der Waals surface area contributed by atoms with Crippen LogP contribution in [0.1, 0.15) is 28.4 Å². The van der Waals surface area contributed by atoms with Gasteiger partial charge in [0.1, 0.15) is 5.56 Å². The number of amides is 1. The lowest BCUT2D eigenvalue weighted by atomic mass is 10.1. The highest BCUT2D eigenvalue weighted by atomic mass is 35.5. The standard InChI is InChI=1S/C20H15ClF3N3O2/c1-2-27-11-16(19(29)26-25-10-12-3-6-14(21)7-4-12)18(28)15-9-13(20(22,23)24)5-8-17(15)27/h3-11H,2H2,1H3,(H,26,29)/b25-10+. The molecule has 0 aliphatic rings. The minimum atomic E-state index is -4.60. The molecule has 0 radical (unpaired) electrons. The molecule has 5 nitrogen and oxygen atoms in total. The van der Waals surface area contributed by atoms with Crippen LogP contribution in [0.15, 0.2) is 58.6 Å². The number of alkyl halides is 3. The molecular weight excluding hydrogens is 407 g/mol. The van der Waals surface area contributed by atoms with Crippen LogP contribution >= 0.6 is 11.6 Å². The molecule has 2 aromatic carbocycles. The molecule has 0 atom stereocenters. The number of carbonyl (C=O) groups excluding carboxylic acids is 1. The number of rotatable bonds is 4. The van der Waals surface area contributed by atoms with Crippen LogP contribution in [-0.2, 0) is 12.7 Å². The number of aryl methyl sites for hydroxylation is 1. The van der Waals surface area contributed by atoms with Crippen molar-refractivity contribution in [2.24, 2.45) is 5.10 Å². The van der Waals surface area contributed by atoms with Crippen LogP contribution < -0.4 is 10.9 Å². The molecule has 1 N–H and O–H groups in total. The Bertz CT molecular complexity index is 1150. The van der Waals surface area contributed by atoms with Crippen molar-refractivity contribution >= 4 is 34.6 Å². The molecule has 29 heavy (non-hydrogen) atoms. The molecule has 150 valence electrons. The van der Waals surface area contributed by atoms with Crippen molar-refractivity contribution in [2.75, 3.05) is 0 Å². The van der Waals surface area contributed by atoms with Gasteiger partial charge in [-0.25, -0.2) is 5.43 Å². The van der Waals surface area contributed by atoms with E-state index in [0.717, 1.165) is 12.1 Å². The van der Waals surface area contributed by atoms with E-state index in [9.17, 15) is 22.8 Å². The van der Waals surface area contributed by atoms with E-state index < -0.39 is 23.1 Å². The zero-order valence-corrected chi connectivity index (χ0v) is 15.9. The molecule has 9 heteroatoms. The highest BCUT2D eigenvalue weighted by Gasteiger charge is 2.31. The van der Waals surface area contributed by atoms with Gasteiger partial charge < -0.3 is 4.57 Å². The normalized spacial score (nSPS) is 11.9. The number of benzene rings is 2. The van der Waals surface area contributed by atoms with Crippen LogP contribution in [0, 0.1) is 0 Å². The third kappa shape index (κ3) is 4.48. The number of nitrogens with zero attached hydrogens (tertiary/aromatic N) is 2. The van der Waals surface area contributed by atoms with Gasteiger partial charge in [-0.15, -0.1) is 0 Å². The van der Waals surface area contributed by atoms with E-state index in [1.165, 1.54) is 23.0 Å². The van der Waals surface area contributed by atoms with Crippen LogP contribution in [0.3, 0.4) is 0 Å². The summed E-state index contributed by atoms with van der Waals surface area (Å²) in [5.41, 5.74) is 1.15. The van der Waals surface area contributed by atoms with E-state index in [2.05, 4.69) is 10.5 Å². The van der Waals surface area contributed by atoms with E-state index >= 15 is 0 Å². The number of pyridine rings is 1. The Labute approximate surface area is 168 Å². The molecule has 0 spiro atoms. The van der Waals surface area contributed by atoms with Gasteiger partial charge in [0.05, 0.1) is 17.3 Å². The third-order valence-electron chi connectivity index (χ3n) is 4.24. The Morgan fingerprint density at radius 3 is 2.52 bits per heavy atom. The van der Waals surface area contributed by atoms with Crippen molar-refractivity contribution in [1.29, 1.82) is 0 Å². The molecule has 0 saturated carbocycles. The first-order valence-corrected chi connectivity index (χ1v) is 8.92. The second-order valence-corrected chi connectivity index (χ2v) is 6.57. The van der Waals surface area contributed by atoms with Crippen LogP contribution in [0.25, 0.3) is 10.9 Å². The lowest BCUT2D eigenvalue weighted by molar-refractivity contribution is -0.137. The molecule has 0 unspecified atom stereocenters. The minimum Gasteiger partial charge on any atom is -0.347 e. The summed E-state index contributed by atoms with van der Waals surface area (Å²) in [6.45, 7) is 2.11. The average Bonchev–Trinajstić information content (AvgIpc) is 2.69. The summed E-state index contributed by atoms with van der Waals surface area (Å²) < 4.78 is 40.6. The number of hydrazone groups is 1. The molecular formula is C20H15ClF3N3O2. The molecule has 0 saturated heterocycles. The van der Waals surface area contributed by atoms with Gasteiger partial charge in [0, 0.05) is 23.2 Å². The summed E-state index contributed by atoms with van der Waals surface area (Å²) >= 11 is 5.79. The first kappa shape index (κ1) is 20.6. The zero-order chi connectivity index (χ0) is 21.2. The number of nitrogens with one attached hydrogen (secondary N) is 1. The molecule has 0 aliphatic heterocycles. The predicted molar refractivity (Wildman–Crippen MR) is 105 cm³/mol. The number of fused-ring (bicyclic) bond motifs is 1. The fourth-order valence-corrected chi connectivity index (χ4v) is 2.90. The summed E-state index contributed by atoms with van der Waals surface area (Å²) in [5.74, 6) is -0.818. The Balaban J connectivity index is 1.97. The summed E-state index contributed by atoms with van der Waals surface area (Å²) in [4.78, 5) is 25.1. The predicted octanol–water partition coefficient (Wildman–Crippen LogP) is 4.46. The van der Waals surface area contributed by atoms with E-state index in [4.69, 9.17) is 11.6 Å².